The number of halogens is 2. The Hall–Kier alpha value is -2.14. The number of nitrogens with one attached hydrogen (secondary N) is 1. The number of aromatic hydroxyl groups is 1. The summed E-state index contributed by atoms with van der Waals surface area (Å²) in [4.78, 5) is 0. The average Bonchev–Trinajstić information content (AvgIpc) is 2.43. The highest BCUT2D eigenvalue weighted by Crippen LogP contribution is 2.26. The van der Waals surface area contributed by atoms with Gasteiger partial charge in [0.2, 0.25) is 0 Å². The van der Waals surface area contributed by atoms with Crippen molar-refractivity contribution in [2.24, 2.45) is 0 Å². The number of rotatable bonds is 5. The standard InChI is InChI=1S/C15H15F2NO2/c1-20-15-6-10(2-5-14(15)19)8-18-9-11-3-4-12(16)7-13(11)17/h2-7,18-19H,8-9H2,1H3. The summed E-state index contributed by atoms with van der Waals surface area (Å²) in [6.45, 7) is 0.767. The number of ether oxygens (including phenoxy) is 1. The molecule has 0 aliphatic rings. The molecular weight excluding hydrogens is 264 g/mol. The molecule has 0 heterocycles. The molecule has 0 aliphatic heterocycles. The summed E-state index contributed by atoms with van der Waals surface area (Å²) < 4.78 is 31.2. The van der Waals surface area contributed by atoms with Gasteiger partial charge in [0.1, 0.15) is 11.6 Å². The third-order valence-electron chi connectivity index (χ3n) is 2.90. The lowest BCUT2D eigenvalue weighted by Gasteiger charge is -2.09. The second-order valence-electron chi connectivity index (χ2n) is 4.35. The van der Waals surface area contributed by atoms with Crippen molar-refractivity contribution >= 4 is 0 Å². The number of phenolic OH excluding ortho intramolecular Hbond substituents is 1. The van der Waals surface area contributed by atoms with E-state index in [2.05, 4.69) is 5.32 Å². The molecule has 3 nitrogen and oxygen atoms in total. The van der Waals surface area contributed by atoms with Crippen LogP contribution in [0.3, 0.4) is 0 Å². The molecule has 0 bridgehead atoms. The fraction of sp³-hybridized carbons (Fsp3) is 0.200. The van der Waals surface area contributed by atoms with E-state index in [1.807, 2.05) is 0 Å². The van der Waals surface area contributed by atoms with Gasteiger partial charge in [-0.05, 0) is 23.8 Å². The summed E-state index contributed by atoms with van der Waals surface area (Å²) in [5.74, 6) is -0.701. The lowest BCUT2D eigenvalue weighted by atomic mass is 10.1. The summed E-state index contributed by atoms with van der Waals surface area (Å²) in [6.07, 6.45) is 0. The van der Waals surface area contributed by atoms with E-state index >= 15 is 0 Å². The second kappa shape index (κ2) is 6.34. The minimum Gasteiger partial charge on any atom is -0.504 e. The van der Waals surface area contributed by atoms with Crippen LogP contribution in [0.25, 0.3) is 0 Å². The molecule has 2 aromatic carbocycles. The van der Waals surface area contributed by atoms with Gasteiger partial charge in [0, 0.05) is 24.7 Å². The van der Waals surface area contributed by atoms with E-state index in [4.69, 9.17) is 4.74 Å². The van der Waals surface area contributed by atoms with Crippen molar-refractivity contribution in [2.75, 3.05) is 7.11 Å². The van der Waals surface area contributed by atoms with Gasteiger partial charge in [-0.25, -0.2) is 8.78 Å². The fourth-order valence-electron chi connectivity index (χ4n) is 1.84. The van der Waals surface area contributed by atoms with Gasteiger partial charge in [-0.3, -0.25) is 0 Å². The maximum absolute atomic E-state index is 13.4. The number of benzene rings is 2. The third-order valence-corrected chi connectivity index (χ3v) is 2.90. The largest absolute Gasteiger partial charge is 0.504 e. The highest BCUT2D eigenvalue weighted by atomic mass is 19.1. The van der Waals surface area contributed by atoms with Gasteiger partial charge in [0.15, 0.2) is 11.5 Å². The van der Waals surface area contributed by atoms with Crippen molar-refractivity contribution in [3.63, 3.8) is 0 Å². The third kappa shape index (κ3) is 3.45. The van der Waals surface area contributed by atoms with E-state index in [0.717, 1.165) is 11.6 Å². The Morgan fingerprint density at radius 3 is 2.60 bits per heavy atom. The van der Waals surface area contributed by atoms with Gasteiger partial charge < -0.3 is 15.2 Å². The van der Waals surface area contributed by atoms with Gasteiger partial charge in [-0.1, -0.05) is 12.1 Å². The SMILES string of the molecule is COc1cc(CNCc2ccc(F)cc2F)ccc1O. The Morgan fingerprint density at radius 2 is 1.90 bits per heavy atom. The van der Waals surface area contributed by atoms with E-state index in [9.17, 15) is 13.9 Å². The summed E-state index contributed by atoms with van der Waals surface area (Å²) in [5, 5.41) is 12.5. The first-order valence-electron chi connectivity index (χ1n) is 6.10. The van der Waals surface area contributed by atoms with Crippen LogP contribution in [0, 0.1) is 11.6 Å². The van der Waals surface area contributed by atoms with Crippen molar-refractivity contribution in [1.29, 1.82) is 0 Å². The molecule has 20 heavy (non-hydrogen) atoms. The van der Waals surface area contributed by atoms with Crippen LogP contribution in [-0.2, 0) is 13.1 Å². The van der Waals surface area contributed by atoms with Crippen LogP contribution in [0.1, 0.15) is 11.1 Å². The van der Waals surface area contributed by atoms with Crippen LogP contribution in [0.15, 0.2) is 36.4 Å². The van der Waals surface area contributed by atoms with Crippen LogP contribution in [-0.4, -0.2) is 12.2 Å². The van der Waals surface area contributed by atoms with Crippen molar-refractivity contribution < 1.29 is 18.6 Å². The van der Waals surface area contributed by atoms with E-state index in [1.165, 1.54) is 25.3 Å². The predicted octanol–water partition coefficient (Wildman–Crippen LogP) is 2.97. The molecule has 106 valence electrons. The maximum Gasteiger partial charge on any atom is 0.160 e. The van der Waals surface area contributed by atoms with E-state index < -0.39 is 11.6 Å². The zero-order valence-corrected chi connectivity index (χ0v) is 11.0. The molecule has 0 spiro atoms. The normalized spacial score (nSPS) is 10.6. The molecular formula is C15H15F2NO2. The molecule has 5 heteroatoms. The summed E-state index contributed by atoms with van der Waals surface area (Å²) >= 11 is 0. The quantitative estimate of drug-likeness (QED) is 0.884. The molecule has 0 saturated heterocycles. The summed E-state index contributed by atoms with van der Waals surface area (Å²) in [6, 6.07) is 8.48. The molecule has 0 fully saturated rings. The topological polar surface area (TPSA) is 41.5 Å². The Morgan fingerprint density at radius 1 is 1.10 bits per heavy atom. The molecule has 0 aliphatic carbocycles. The molecule has 2 rings (SSSR count). The Kier molecular flexibility index (Phi) is 4.53. The Labute approximate surface area is 115 Å². The van der Waals surface area contributed by atoms with Gasteiger partial charge in [0.05, 0.1) is 7.11 Å². The summed E-state index contributed by atoms with van der Waals surface area (Å²) in [7, 11) is 1.47. The molecule has 2 aromatic rings. The van der Waals surface area contributed by atoms with Crippen molar-refractivity contribution in [3.8, 4) is 11.5 Å². The average molecular weight is 279 g/mol. The highest BCUT2D eigenvalue weighted by Gasteiger charge is 2.05. The molecule has 0 unspecified atom stereocenters. The van der Waals surface area contributed by atoms with Crippen LogP contribution >= 0.6 is 0 Å². The number of hydrogen-bond acceptors (Lipinski definition) is 3. The first-order valence-corrected chi connectivity index (χ1v) is 6.10. The lowest BCUT2D eigenvalue weighted by Crippen LogP contribution is -2.13. The second-order valence-corrected chi connectivity index (χ2v) is 4.35. The van der Waals surface area contributed by atoms with Crippen LogP contribution in [0.2, 0.25) is 0 Å². The van der Waals surface area contributed by atoms with E-state index in [1.54, 1.807) is 12.1 Å². The first kappa shape index (κ1) is 14.3. The smallest absolute Gasteiger partial charge is 0.160 e. The van der Waals surface area contributed by atoms with E-state index in [0.29, 0.717) is 17.9 Å². The zero-order valence-electron chi connectivity index (χ0n) is 11.0. The van der Waals surface area contributed by atoms with Gasteiger partial charge in [-0.15, -0.1) is 0 Å². The van der Waals surface area contributed by atoms with Crippen LogP contribution in [0.4, 0.5) is 8.78 Å². The highest BCUT2D eigenvalue weighted by molar-refractivity contribution is 5.41. The van der Waals surface area contributed by atoms with Gasteiger partial charge >= 0.3 is 0 Å². The van der Waals surface area contributed by atoms with Crippen molar-refractivity contribution in [1.82, 2.24) is 5.32 Å². The minimum atomic E-state index is -0.588. The minimum absolute atomic E-state index is 0.0702. The monoisotopic (exact) mass is 279 g/mol. The Bertz CT molecular complexity index is 602. The van der Waals surface area contributed by atoms with Crippen molar-refractivity contribution in [3.05, 3.63) is 59.2 Å². The molecule has 0 amide bonds. The summed E-state index contributed by atoms with van der Waals surface area (Å²) in [5.41, 5.74) is 1.29. The number of phenols is 1. The molecule has 0 atom stereocenters. The van der Waals surface area contributed by atoms with Gasteiger partial charge in [0.25, 0.3) is 0 Å². The first-order chi connectivity index (χ1) is 9.60. The lowest BCUT2D eigenvalue weighted by molar-refractivity contribution is 0.372. The van der Waals surface area contributed by atoms with Gasteiger partial charge in [-0.2, -0.15) is 0 Å². The van der Waals surface area contributed by atoms with E-state index in [-0.39, 0.29) is 12.3 Å². The van der Waals surface area contributed by atoms with Crippen LogP contribution in [0.5, 0.6) is 11.5 Å². The van der Waals surface area contributed by atoms with Crippen LogP contribution < -0.4 is 10.1 Å². The Balaban J connectivity index is 1.96. The number of methoxy groups -OCH3 is 1. The molecule has 0 radical (unpaired) electrons. The molecule has 0 aromatic heterocycles. The molecule has 0 saturated carbocycles. The maximum atomic E-state index is 13.4. The predicted molar refractivity (Wildman–Crippen MR) is 71.6 cm³/mol. The number of hydrogen-bond donors (Lipinski definition) is 2. The van der Waals surface area contributed by atoms with Crippen molar-refractivity contribution in [2.45, 2.75) is 13.1 Å². The fourth-order valence-corrected chi connectivity index (χ4v) is 1.84. The molecule has 2 N–H and O–H groups in total. The zero-order chi connectivity index (χ0) is 14.5.